The molecular formula is C22H24F3N5OSe. The summed E-state index contributed by atoms with van der Waals surface area (Å²) in [6.07, 6.45) is 3.83. The number of hydrogen-bond acceptors (Lipinski definition) is 4. The molecule has 3 heterocycles. The summed E-state index contributed by atoms with van der Waals surface area (Å²) in [5, 5.41) is 6.46. The van der Waals surface area contributed by atoms with Crippen molar-refractivity contribution >= 4 is 36.7 Å². The van der Waals surface area contributed by atoms with E-state index in [1.54, 1.807) is 16.6 Å². The van der Waals surface area contributed by atoms with E-state index in [4.69, 9.17) is 0 Å². The van der Waals surface area contributed by atoms with Crippen molar-refractivity contribution in [3.8, 4) is 11.8 Å². The first kappa shape index (κ1) is 21.6. The van der Waals surface area contributed by atoms with Gasteiger partial charge in [0.1, 0.15) is 0 Å². The number of halogens is 3. The summed E-state index contributed by atoms with van der Waals surface area (Å²) in [5.41, 5.74) is 0.562. The van der Waals surface area contributed by atoms with Gasteiger partial charge in [-0.1, -0.05) is 0 Å². The Morgan fingerprint density at radius 3 is 2.91 bits per heavy atom. The van der Waals surface area contributed by atoms with Gasteiger partial charge in [-0.2, -0.15) is 0 Å². The van der Waals surface area contributed by atoms with Crippen LogP contribution >= 0.6 is 0 Å². The molecular weight excluding hydrogens is 486 g/mol. The van der Waals surface area contributed by atoms with Gasteiger partial charge in [0.25, 0.3) is 0 Å². The number of anilines is 1. The van der Waals surface area contributed by atoms with Gasteiger partial charge < -0.3 is 0 Å². The SMILES string of the molecule is CN1CC[C@]2(Nc3cccc4c([Se]C(F)(F)F)c(C#CCNC(=O)C5CC5)nn34)C[C@@H]2C1. The van der Waals surface area contributed by atoms with Crippen LogP contribution in [0.2, 0.25) is 0 Å². The number of nitrogens with zero attached hydrogens (tertiary/aromatic N) is 3. The second-order valence-electron chi connectivity index (χ2n) is 8.92. The number of likely N-dealkylation sites (tertiary alicyclic amines) is 1. The van der Waals surface area contributed by atoms with E-state index in [2.05, 4.69) is 39.5 Å². The van der Waals surface area contributed by atoms with Crippen molar-refractivity contribution in [1.29, 1.82) is 0 Å². The third kappa shape index (κ3) is 4.47. The molecule has 2 atom stereocenters. The van der Waals surface area contributed by atoms with Crippen LogP contribution < -0.4 is 15.1 Å². The predicted molar refractivity (Wildman–Crippen MR) is 116 cm³/mol. The summed E-state index contributed by atoms with van der Waals surface area (Å²) in [7, 11) is 2.11. The van der Waals surface area contributed by atoms with Crippen molar-refractivity contribution < 1.29 is 18.0 Å². The van der Waals surface area contributed by atoms with Gasteiger partial charge in [-0.3, -0.25) is 0 Å². The molecule has 0 radical (unpaired) electrons. The van der Waals surface area contributed by atoms with Gasteiger partial charge in [0.15, 0.2) is 0 Å². The Balaban J connectivity index is 1.43. The maximum atomic E-state index is 13.4. The van der Waals surface area contributed by atoms with Gasteiger partial charge in [-0.05, 0) is 0 Å². The average molecular weight is 510 g/mol. The summed E-state index contributed by atoms with van der Waals surface area (Å²) in [5.74, 6) is 6.82. The van der Waals surface area contributed by atoms with Crippen LogP contribution in [0.25, 0.3) is 5.52 Å². The Hall–Kier alpha value is -2.21. The van der Waals surface area contributed by atoms with Crippen molar-refractivity contribution in [2.45, 2.75) is 36.3 Å². The van der Waals surface area contributed by atoms with Crippen molar-refractivity contribution in [2.75, 3.05) is 32.0 Å². The van der Waals surface area contributed by atoms with Crippen LogP contribution in [-0.4, -0.2) is 72.7 Å². The molecule has 10 heteroatoms. The minimum atomic E-state index is -4.31. The van der Waals surface area contributed by atoms with E-state index in [1.807, 2.05) is 6.07 Å². The molecule has 0 spiro atoms. The first-order chi connectivity index (χ1) is 15.2. The zero-order chi connectivity index (χ0) is 22.5. The number of nitrogens with one attached hydrogen (secondary N) is 2. The van der Waals surface area contributed by atoms with E-state index < -0.39 is 20.0 Å². The van der Waals surface area contributed by atoms with Crippen molar-refractivity contribution in [2.24, 2.45) is 11.8 Å². The number of piperidine rings is 1. The molecule has 5 rings (SSSR count). The monoisotopic (exact) mass is 511 g/mol. The fraction of sp³-hybridized carbons (Fsp3) is 0.545. The number of rotatable bonds is 5. The number of aromatic nitrogens is 2. The predicted octanol–water partition coefficient (Wildman–Crippen LogP) is 1.57. The number of alkyl halides is 3. The molecule has 1 saturated heterocycles. The van der Waals surface area contributed by atoms with Gasteiger partial charge in [-0.15, -0.1) is 0 Å². The fourth-order valence-corrected chi connectivity index (χ4v) is 5.87. The molecule has 0 bridgehead atoms. The van der Waals surface area contributed by atoms with Crippen LogP contribution in [0.4, 0.5) is 19.0 Å². The standard InChI is InChI=1S/C22H24F3N5OSe/c1-29-11-9-21(12-15(21)13-29)27-18-6-2-5-17-19(32-22(23,24)25)16(28-30(17)18)4-3-10-26-20(31)14-7-8-14/h2,5-6,14-15,27H,7-13H2,1H3,(H,26,31)/t15-,21+/m1/s1. The maximum absolute atomic E-state index is 13.4. The summed E-state index contributed by atoms with van der Waals surface area (Å²) < 4.78 is 41.8. The van der Waals surface area contributed by atoms with Gasteiger partial charge >= 0.3 is 190 Å². The second-order valence-corrected chi connectivity index (χ2v) is 11.2. The Morgan fingerprint density at radius 1 is 1.38 bits per heavy atom. The molecule has 2 N–H and O–H groups in total. The van der Waals surface area contributed by atoms with Gasteiger partial charge in [0.2, 0.25) is 0 Å². The number of carbonyl (C=O) groups is 1. The molecule has 2 aliphatic carbocycles. The molecule has 1 aliphatic heterocycles. The number of carbonyl (C=O) groups excluding carboxylic acids is 1. The molecule has 1 amide bonds. The van der Waals surface area contributed by atoms with Crippen molar-refractivity contribution in [3.05, 3.63) is 23.9 Å². The van der Waals surface area contributed by atoms with Gasteiger partial charge in [0, 0.05) is 0 Å². The Labute approximate surface area is 190 Å². The summed E-state index contributed by atoms with van der Waals surface area (Å²) in [6.45, 7) is 2.11. The van der Waals surface area contributed by atoms with Crippen LogP contribution in [0.15, 0.2) is 18.2 Å². The molecule has 0 unspecified atom stereocenters. The van der Waals surface area contributed by atoms with Crippen LogP contribution in [0.1, 0.15) is 31.4 Å². The van der Waals surface area contributed by atoms with E-state index in [0.29, 0.717) is 17.3 Å². The molecule has 32 heavy (non-hydrogen) atoms. The summed E-state index contributed by atoms with van der Waals surface area (Å²) in [4.78, 5) is 14.1. The van der Waals surface area contributed by atoms with E-state index in [-0.39, 0.29) is 34.1 Å². The first-order valence-corrected chi connectivity index (χ1v) is 12.5. The van der Waals surface area contributed by atoms with Crippen LogP contribution in [0.5, 0.6) is 0 Å². The fourth-order valence-electron chi connectivity index (χ4n) is 4.44. The second kappa shape index (κ2) is 7.98. The third-order valence-corrected chi connectivity index (χ3v) is 8.18. The Kier molecular flexibility index (Phi) is 5.39. The van der Waals surface area contributed by atoms with E-state index in [9.17, 15) is 18.0 Å². The molecule has 2 aromatic heterocycles. The van der Waals surface area contributed by atoms with Crippen molar-refractivity contribution in [1.82, 2.24) is 19.8 Å². The Bertz CT molecular complexity index is 1120. The summed E-state index contributed by atoms with van der Waals surface area (Å²) in [6, 6.07) is 5.29. The normalized spacial score (nSPS) is 25.1. The molecule has 2 aromatic rings. The van der Waals surface area contributed by atoms with E-state index in [1.165, 1.54) is 0 Å². The zero-order valence-electron chi connectivity index (χ0n) is 17.6. The van der Waals surface area contributed by atoms with E-state index >= 15 is 0 Å². The number of pyridine rings is 1. The minimum absolute atomic E-state index is 0.00100. The molecule has 3 fully saturated rings. The number of fused-ring (bicyclic) bond motifs is 2. The summed E-state index contributed by atoms with van der Waals surface area (Å²) >= 11 is -1.78. The zero-order valence-corrected chi connectivity index (χ0v) is 19.3. The molecule has 0 aromatic carbocycles. The molecule has 2 saturated carbocycles. The first-order valence-electron chi connectivity index (χ1n) is 10.7. The van der Waals surface area contributed by atoms with Crippen LogP contribution in [0, 0.1) is 23.7 Å². The third-order valence-electron chi connectivity index (χ3n) is 6.42. The van der Waals surface area contributed by atoms with Crippen LogP contribution in [0.3, 0.4) is 0 Å². The van der Waals surface area contributed by atoms with Gasteiger partial charge in [0.05, 0.1) is 0 Å². The average Bonchev–Trinajstić information content (AvgIpc) is 3.63. The quantitative estimate of drug-likeness (QED) is 0.474. The molecule has 170 valence electrons. The topological polar surface area (TPSA) is 61.7 Å². The van der Waals surface area contributed by atoms with E-state index in [0.717, 1.165) is 38.8 Å². The van der Waals surface area contributed by atoms with Crippen molar-refractivity contribution in [3.63, 3.8) is 0 Å². The number of hydrogen-bond donors (Lipinski definition) is 2. The Morgan fingerprint density at radius 2 is 2.19 bits per heavy atom. The number of amides is 1. The molecule has 6 nitrogen and oxygen atoms in total. The molecule has 3 aliphatic rings. The van der Waals surface area contributed by atoms with Crippen LogP contribution in [-0.2, 0) is 4.79 Å². The van der Waals surface area contributed by atoms with Gasteiger partial charge in [-0.25, -0.2) is 0 Å².